The molecule has 0 N–H and O–H groups in total. The molecule has 0 fully saturated rings. The first kappa shape index (κ1) is 24.7. The van der Waals surface area contributed by atoms with Crippen molar-refractivity contribution in [3.05, 3.63) is 12.2 Å². The van der Waals surface area contributed by atoms with Crippen LogP contribution in [0.1, 0.15) is 125 Å². The first-order chi connectivity index (χ1) is 12.0. The summed E-state index contributed by atoms with van der Waals surface area (Å²) in [7, 11) is 0. The minimum Gasteiger partial charge on any atom is -0.0880 e. The van der Waals surface area contributed by atoms with E-state index in [9.17, 15) is 0 Å². The van der Waals surface area contributed by atoms with Crippen molar-refractivity contribution in [3.8, 4) is 0 Å². The number of allylic oxidation sites excluding steroid dienone is 2. The molecule has 0 saturated heterocycles. The Morgan fingerprint density at radius 2 is 1.28 bits per heavy atom. The summed E-state index contributed by atoms with van der Waals surface area (Å²) in [6, 6.07) is 0. The molecule has 0 aromatic rings. The van der Waals surface area contributed by atoms with Gasteiger partial charge in [0.15, 0.2) is 0 Å². The first-order valence-electron chi connectivity index (χ1n) is 11.7. The SMILES string of the molecule is CCCCC(C)CCCCCC(C=CCC(C)CCC(C)C)CCC. The van der Waals surface area contributed by atoms with Gasteiger partial charge in [-0.15, -0.1) is 0 Å². The van der Waals surface area contributed by atoms with Gasteiger partial charge in [0.1, 0.15) is 0 Å². The Hall–Kier alpha value is -0.260. The van der Waals surface area contributed by atoms with Crippen molar-refractivity contribution >= 4 is 0 Å². The van der Waals surface area contributed by atoms with Crippen molar-refractivity contribution in [2.45, 2.75) is 125 Å². The fourth-order valence-electron chi connectivity index (χ4n) is 3.72. The van der Waals surface area contributed by atoms with E-state index in [2.05, 4.69) is 53.7 Å². The number of unbranched alkanes of at least 4 members (excludes halogenated alkanes) is 3. The number of rotatable bonds is 17. The van der Waals surface area contributed by atoms with Gasteiger partial charge in [0.2, 0.25) is 0 Å². The van der Waals surface area contributed by atoms with E-state index in [4.69, 9.17) is 0 Å². The zero-order chi connectivity index (χ0) is 18.9. The molecule has 3 atom stereocenters. The van der Waals surface area contributed by atoms with Crippen LogP contribution in [0.15, 0.2) is 12.2 Å². The fraction of sp³-hybridized carbons (Fsp3) is 0.920. The summed E-state index contributed by atoms with van der Waals surface area (Å²) in [5, 5.41) is 0. The van der Waals surface area contributed by atoms with Crippen LogP contribution in [0.4, 0.5) is 0 Å². The molecule has 0 aliphatic carbocycles. The van der Waals surface area contributed by atoms with Crippen molar-refractivity contribution in [2.75, 3.05) is 0 Å². The normalized spacial score (nSPS) is 15.8. The lowest BCUT2D eigenvalue weighted by Crippen LogP contribution is -1.99. The van der Waals surface area contributed by atoms with Crippen LogP contribution in [-0.2, 0) is 0 Å². The Kier molecular flexibility index (Phi) is 17.0. The second kappa shape index (κ2) is 17.2. The van der Waals surface area contributed by atoms with Crippen LogP contribution in [0.25, 0.3) is 0 Å². The van der Waals surface area contributed by atoms with Gasteiger partial charge in [-0.05, 0) is 42.9 Å². The lowest BCUT2D eigenvalue weighted by atomic mass is 9.92. The molecule has 0 spiro atoms. The van der Waals surface area contributed by atoms with Gasteiger partial charge >= 0.3 is 0 Å². The molecular weight excluding hydrogens is 300 g/mol. The summed E-state index contributed by atoms with van der Waals surface area (Å²) in [5.74, 6) is 3.48. The lowest BCUT2D eigenvalue weighted by molar-refractivity contribution is 0.429. The van der Waals surface area contributed by atoms with Crippen molar-refractivity contribution in [2.24, 2.45) is 23.7 Å². The average molecular weight is 351 g/mol. The minimum atomic E-state index is 0.833. The smallest absolute Gasteiger partial charge is 0.0234 e. The molecule has 0 nitrogen and oxygen atoms in total. The van der Waals surface area contributed by atoms with Crippen molar-refractivity contribution < 1.29 is 0 Å². The number of hydrogen-bond acceptors (Lipinski definition) is 0. The Bertz CT molecular complexity index is 288. The Morgan fingerprint density at radius 3 is 1.92 bits per heavy atom. The standard InChI is InChI=1S/C25H50/c1-7-9-15-23(5)16-11-10-12-18-25(14-8-2)19-13-17-24(6)21-20-22(3)4/h13,19,22-25H,7-12,14-18,20-21H2,1-6H3. The van der Waals surface area contributed by atoms with Gasteiger partial charge in [-0.3, -0.25) is 0 Å². The maximum Gasteiger partial charge on any atom is -0.0234 e. The monoisotopic (exact) mass is 350 g/mol. The lowest BCUT2D eigenvalue weighted by Gasteiger charge is -2.14. The average Bonchev–Trinajstić information content (AvgIpc) is 2.57. The largest absolute Gasteiger partial charge is 0.0880 e. The zero-order valence-corrected chi connectivity index (χ0v) is 18.7. The van der Waals surface area contributed by atoms with E-state index in [1.165, 1.54) is 83.5 Å². The van der Waals surface area contributed by atoms with Crippen molar-refractivity contribution in [1.82, 2.24) is 0 Å². The molecule has 3 unspecified atom stereocenters. The summed E-state index contributed by atoms with van der Waals surface area (Å²) in [6.07, 6.45) is 23.2. The summed E-state index contributed by atoms with van der Waals surface area (Å²) in [5.41, 5.74) is 0. The first-order valence-corrected chi connectivity index (χ1v) is 11.7. The molecule has 0 aromatic carbocycles. The van der Waals surface area contributed by atoms with Crippen molar-refractivity contribution in [3.63, 3.8) is 0 Å². The van der Waals surface area contributed by atoms with Gasteiger partial charge in [0.05, 0.1) is 0 Å². The highest BCUT2D eigenvalue weighted by atomic mass is 14.1. The van der Waals surface area contributed by atoms with Gasteiger partial charge in [-0.1, -0.05) is 118 Å². The van der Waals surface area contributed by atoms with E-state index in [1.807, 2.05) is 0 Å². The zero-order valence-electron chi connectivity index (χ0n) is 18.7. The molecule has 0 bridgehead atoms. The molecule has 150 valence electrons. The molecule has 0 radical (unpaired) electrons. The summed E-state index contributed by atoms with van der Waals surface area (Å²) in [4.78, 5) is 0. The van der Waals surface area contributed by atoms with Crippen LogP contribution in [-0.4, -0.2) is 0 Å². The van der Waals surface area contributed by atoms with Crippen LogP contribution in [0, 0.1) is 23.7 Å². The van der Waals surface area contributed by atoms with Gasteiger partial charge in [0, 0.05) is 0 Å². The van der Waals surface area contributed by atoms with Crippen LogP contribution < -0.4 is 0 Å². The Balaban J connectivity index is 3.87. The van der Waals surface area contributed by atoms with Gasteiger partial charge in [-0.25, -0.2) is 0 Å². The highest BCUT2D eigenvalue weighted by Crippen LogP contribution is 2.21. The van der Waals surface area contributed by atoms with Gasteiger partial charge in [0.25, 0.3) is 0 Å². The van der Waals surface area contributed by atoms with E-state index in [-0.39, 0.29) is 0 Å². The summed E-state index contributed by atoms with van der Waals surface area (Å²) >= 11 is 0. The third-order valence-electron chi connectivity index (χ3n) is 5.67. The second-order valence-electron chi connectivity index (χ2n) is 9.17. The molecule has 25 heavy (non-hydrogen) atoms. The van der Waals surface area contributed by atoms with Gasteiger partial charge in [-0.2, -0.15) is 0 Å². The molecule has 0 amide bonds. The fourth-order valence-corrected chi connectivity index (χ4v) is 3.72. The second-order valence-corrected chi connectivity index (χ2v) is 9.17. The molecule has 0 aromatic heterocycles. The van der Waals surface area contributed by atoms with E-state index in [0.717, 1.165) is 23.7 Å². The molecule has 0 aliphatic rings. The van der Waals surface area contributed by atoms with Crippen LogP contribution >= 0.6 is 0 Å². The topological polar surface area (TPSA) is 0 Å². The maximum absolute atomic E-state index is 2.55. The van der Waals surface area contributed by atoms with Crippen molar-refractivity contribution in [1.29, 1.82) is 0 Å². The van der Waals surface area contributed by atoms with E-state index >= 15 is 0 Å². The Labute approximate surface area is 161 Å². The summed E-state index contributed by atoms with van der Waals surface area (Å²) in [6.45, 7) is 14.2. The Morgan fingerprint density at radius 1 is 0.600 bits per heavy atom. The van der Waals surface area contributed by atoms with Gasteiger partial charge < -0.3 is 0 Å². The molecular formula is C25H50. The highest BCUT2D eigenvalue weighted by molar-refractivity contribution is 4.89. The molecule has 0 rings (SSSR count). The maximum atomic E-state index is 2.55. The minimum absolute atomic E-state index is 0.833. The predicted molar refractivity (Wildman–Crippen MR) is 117 cm³/mol. The number of hydrogen-bond donors (Lipinski definition) is 0. The highest BCUT2D eigenvalue weighted by Gasteiger charge is 2.06. The predicted octanol–water partition coefficient (Wildman–Crippen LogP) is 9.20. The van der Waals surface area contributed by atoms with E-state index in [1.54, 1.807) is 0 Å². The third kappa shape index (κ3) is 16.9. The van der Waals surface area contributed by atoms with Crippen LogP contribution in [0.2, 0.25) is 0 Å². The van der Waals surface area contributed by atoms with E-state index in [0.29, 0.717) is 0 Å². The van der Waals surface area contributed by atoms with Crippen LogP contribution in [0.5, 0.6) is 0 Å². The molecule has 0 heterocycles. The quantitative estimate of drug-likeness (QED) is 0.181. The van der Waals surface area contributed by atoms with E-state index < -0.39 is 0 Å². The summed E-state index contributed by atoms with van der Waals surface area (Å²) < 4.78 is 0. The van der Waals surface area contributed by atoms with Crippen LogP contribution in [0.3, 0.4) is 0 Å². The molecule has 0 aliphatic heterocycles. The molecule has 0 saturated carbocycles. The third-order valence-corrected chi connectivity index (χ3v) is 5.67. The molecule has 0 heteroatoms.